The van der Waals surface area contributed by atoms with Crippen LogP contribution in [0.25, 0.3) is 0 Å². The number of sulfonamides is 1. The Kier molecular flexibility index (Phi) is 6.45. The lowest BCUT2D eigenvalue weighted by Crippen LogP contribution is -2.41. The van der Waals surface area contributed by atoms with Gasteiger partial charge in [0.2, 0.25) is 15.9 Å². The van der Waals surface area contributed by atoms with E-state index in [9.17, 15) is 18.0 Å². The highest BCUT2D eigenvalue weighted by atomic mass is 32.2. The van der Waals surface area contributed by atoms with Crippen molar-refractivity contribution in [3.63, 3.8) is 0 Å². The van der Waals surface area contributed by atoms with Crippen LogP contribution in [0.1, 0.15) is 36.5 Å². The van der Waals surface area contributed by atoms with Gasteiger partial charge < -0.3 is 10.2 Å². The van der Waals surface area contributed by atoms with Crippen molar-refractivity contribution in [2.45, 2.75) is 51.0 Å². The van der Waals surface area contributed by atoms with Crippen LogP contribution in [0, 0.1) is 13.8 Å². The van der Waals surface area contributed by atoms with Crippen LogP contribution < -0.4 is 14.9 Å². The van der Waals surface area contributed by atoms with Crippen molar-refractivity contribution < 1.29 is 18.0 Å². The van der Waals surface area contributed by atoms with Gasteiger partial charge >= 0.3 is 6.03 Å². The summed E-state index contributed by atoms with van der Waals surface area (Å²) in [6.07, 6.45) is 2.64. The predicted octanol–water partition coefficient (Wildman–Crippen LogP) is 3.19. The Morgan fingerprint density at radius 1 is 0.970 bits per heavy atom. The van der Waals surface area contributed by atoms with E-state index in [0.717, 1.165) is 48.3 Å². The Labute approximate surface area is 195 Å². The molecule has 2 aliphatic rings. The normalized spacial score (nSPS) is 16.6. The standard InChI is InChI=1S/C24H30N4O4S/c1-16-12-17(2)14-20(13-16)25-23(29)18(3)26-33(31,32)21-6-7-22-19(15-21)8-11-28(22)24(30)27-9-4-5-10-27/h6-7,12-15,18,26H,4-5,8-11H2,1-3H3,(H,25,29)/t18-/m1/s1. The number of fused-ring (bicyclic) bond motifs is 1. The van der Waals surface area contributed by atoms with Crippen molar-refractivity contribution in [1.82, 2.24) is 9.62 Å². The fourth-order valence-corrected chi connectivity index (χ4v) is 5.73. The van der Waals surface area contributed by atoms with Gasteiger partial charge in [0.25, 0.3) is 0 Å². The average Bonchev–Trinajstić information content (AvgIpc) is 3.42. The largest absolute Gasteiger partial charge is 0.325 e. The molecule has 3 amide bonds. The van der Waals surface area contributed by atoms with Crippen molar-refractivity contribution in [3.8, 4) is 0 Å². The molecular formula is C24H30N4O4S. The molecule has 2 N–H and O–H groups in total. The predicted molar refractivity (Wildman–Crippen MR) is 128 cm³/mol. The van der Waals surface area contributed by atoms with Gasteiger partial charge in [0.15, 0.2) is 0 Å². The molecule has 0 aromatic heterocycles. The third kappa shape index (κ3) is 5.04. The van der Waals surface area contributed by atoms with Gasteiger partial charge in [0, 0.05) is 31.0 Å². The van der Waals surface area contributed by atoms with Crippen LogP contribution >= 0.6 is 0 Å². The molecule has 2 heterocycles. The maximum Gasteiger partial charge on any atom is 0.324 e. The van der Waals surface area contributed by atoms with Crippen LogP contribution in [-0.2, 0) is 21.2 Å². The number of nitrogens with one attached hydrogen (secondary N) is 2. The van der Waals surface area contributed by atoms with E-state index in [4.69, 9.17) is 0 Å². The quantitative estimate of drug-likeness (QED) is 0.701. The Balaban J connectivity index is 1.45. The lowest BCUT2D eigenvalue weighted by molar-refractivity contribution is -0.117. The number of rotatable bonds is 5. The van der Waals surface area contributed by atoms with Crippen molar-refractivity contribution >= 4 is 33.3 Å². The van der Waals surface area contributed by atoms with Crippen LogP contribution in [0.3, 0.4) is 0 Å². The smallest absolute Gasteiger partial charge is 0.324 e. The molecule has 0 aliphatic carbocycles. The summed E-state index contributed by atoms with van der Waals surface area (Å²) in [5.74, 6) is -0.438. The second kappa shape index (κ2) is 9.15. The number of hydrogen-bond donors (Lipinski definition) is 2. The summed E-state index contributed by atoms with van der Waals surface area (Å²) in [6.45, 7) is 7.45. The van der Waals surface area contributed by atoms with Gasteiger partial charge in [-0.25, -0.2) is 13.2 Å². The summed E-state index contributed by atoms with van der Waals surface area (Å²) >= 11 is 0. The van der Waals surface area contributed by atoms with Crippen molar-refractivity contribution in [1.29, 1.82) is 0 Å². The van der Waals surface area contributed by atoms with Gasteiger partial charge in [0.1, 0.15) is 0 Å². The zero-order valence-electron chi connectivity index (χ0n) is 19.2. The zero-order valence-corrected chi connectivity index (χ0v) is 20.0. The third-order valence-corrected chi connectivity index (χ3v) is 7.62. The molecule has 2 aromatic carbocycles. The number of aryl methyl sites for hydroxylation is 2. The summed E-state index contributed by atoms with van der Waals surface area (Å²) in [7, 11) is -3.91. The average molecular weight is 471 g/mol. The topological polar surface area (TPSA) is 98.8 Å². The highest BCUT2D eigenvalue weighted by Crippen LogP contribution is 2.31. The van der Waals surface area contributed by atoms with E-state index in [2.05, 4.69) is 10.0 Å². The summed E-state index contributed by atoms with van der Waals surface area (Å²) < 4.78 is 28.4. The minimum atomic E-state index is -3.91. The van der Waals surface area contributed by atoms with Crippen LogP contribution in [0.4, 0.5) is 16.2 Å². The Morgan fingerprint density at radius 2 is 1.64 bits per heavy atom. The fourth-order valence-electron chi connectivity index (χ4n) is 4.47. The first-order valence-corrected chi connectivity index (χ1v) is 12.7. The van der Waals surface area contributed by atoms with E-state index in [1.165, 1.54) is 13.0 Å². The van der Waals surface area contributed by atoms with E-state index in [1.54, 1.807) is 17.0 Å². The molecule has 9 heteroatoms. The molecule has 176 valence electrons. The number of anilines is 2. The second-order valence-electron chi connectivity index (χ2n) is 8.88. The Morgan fingerprint density at radius 3 is 2.30 bits per heavy atom. The molecule has 4 rings (SSSR count). The number of benzene rings is 2. The lowest BCUT2D eigenvalue weighted by Gasteiger charge is -2.24. The van der Waals surface area contributed by atoms with Crippen LogP contribution in [0.2, 0.25) is 0 Å². The molecule has 1 fully saturated rings. The molecule has 0 radical (unpaired) electrons. The van der Waals surface area contributed by atoms with E-state index < -0.39 is 22.0 Å². The van der Waals surface area contributed by atoms with Crippen molar-refractivity contribution in [2.24, 2.45) is 0 Å². The Hall–Kier alpha value is -2.91. The van der Waals surface area contributed by atoms with Gasteiger partial charge in [-0.05, 0) is 87.1 Å². The number of carbonyl (C=O) groups excluding carboxylic acids is 2. The van der Waals surface area contributed by atoms with Gasteiger partial charge in [-0.1, -0.05) is 6.07 Å². The molecule has 0 saturated carbocycles. The summed E-state index contributed by atoms with van der Waals surface area (Å²) in [5, 5.41) is 2.77. The van der Waals surface area contributed by atoms with Crippen molar-refractivity contribution in [3.05, 3.63) is 53.1 Å². The Bertz CT molecular complexity index is 1170. The molecule has 0 bridgehead atoms. The number of amides is 3. The number of likely N-dealkylation sites (tertiary alicyclic amines) is 1. The van der Waals surface area contributed by atoms with E-state index >= 15 is 0 Å². The van der Waals surface area contributed by atoms with Crippen LogP contribution in [0.5, 0.6) is 0 Å². The number of carbonyl (C=O) groups is 2. The maximum atomic E-state index is 13.0. The minimum absolute atomic E-state index is 0.0170. The number of urea groups is 1. The monoisotopic (exact) mass is 470 g/mol. The summed E-state index contributed by atoms with van der Waals surface area (Å²) in [6, 6.07) is 9.47. The zero-order chi connectivity index (χ0) is 23.8. The molecule has 2 aromatic rings. The first-order valence-electron chi connectivity index (χ1n) is 11.2. The SMILES string of the molecule is Cc1cc(C)cc(NC(=O)[C@@H](C)NS(=O)(=O)c2ccc3c(c2)CCN3C(=O)N2CCCC2)c1. The minimum Gasteiger partial charge on any atom is -0.325 e. The van der Waals surface area contributed by atoms with Crippen LogP contribution in [0.15, 0.2) is 41.3 Å². The number of hydrogen-bond acceptors (Lipinski definition) is 4. The van der Waals surface area contributed by atoms with Crippen LogP contribution in [-0.4, -0.2) is 50.9 Å². The van der Waals surface area contributed by atoms with E-state index in [1.807, 2.05) is 36.9 Å². The molecule has 33 heavy (non-hydrogen) atoms. The van der Waals surface area contributed by atoms with Gasteiger partial charge in [-0.2, -0.15) is 4.72 Å². The summed E-state index contributed by atoms with van der Waals surface area (Å²) in [5.41, 5.74) is 4.22. The second-order valence-corrected chi connectivity index (χ2v) is 10.6. The van der Waals surface area contributed by atoms with Gasteiger partial charge in [-0.3, -0.25) is 9.69 Å². The fraction of sp³-hybridized carbons (Fsp3) is 0.417. The number of nitrogens with zero attached hydrogens (tertiary/aromatic N) is 2. The first-order chi connectivity index (χ1) is 15.6. The lowest BCUT2D eigenvalue weighted by atomic mass is 10.1. The van der Waals surface area contributed by atoms with Crippen molar-refractivity contribution in [2.75, 3.05) is 29.9 Å². The van der Waals surface area contributed by atoms with Gasteiger partial charge in [0.05, 0.1) is 10.9 Å². The highest BCUT2D eigenvalue weighted by molar-refractivity contribution is 7.89. The maximum absolute atomic E-state index is 13.0. The molecule has 1 saturated heterocycles. The first kappa shape index (κ1) is 23.3. The summed E-state index contributed by atoms with van der Waals surface area (Å²) in [4.78, 5) is 29.0. The highest BCUT2D eigenvalue weighted by Gasteiger charge is 2.31. The molecular weight excluding hydrogens is 440 g/mol. The molecule has 1 atom stereocenters. The molecule has 2 aliphatic heterocycles. The molecule has 0 unspecified atom stereocenters. The van der Waals surface area contributed by atoms with E-state index in [0.29, 0.717) is 18.7 Å². The molecule has 8 nitrogen and oxygen atoms in total. The molecule has 0 spiro atoms. The van der Waals surface area contributed by atoms with E-state index in [-0.39, 0.29) is 10.9 Å². The third-order valence-electron chi connectivity index (χ3n) is 6.08. The van der Waals surface area contributed by atoms with Gasteiger partial charge in [-0.15, -0.1) is 0 Å².